The van der Waals surface area contributed by atoms with Gasteiger partial charge in [0, 0.05) is 32.9 Å². The minimum absolute atomic E-state index is 0.00878. The van der Waals surface area contributed by atoms with Crippen LogP contribution in [0.3, 0.4) is 0 Å². The Hall–Kier alpha value is -1.55. The maximum absolute atomic E-state index is 11.1. The number of rotatable bonds is 6. The molecule has 0 saturated carbocycles. The Kier molecular flexibility index (Phi) is 5.65. The number of nitrogens with one attached hydrogen (secondary N) is 2. The van der Waals surface area contributed by atoms with Crippen molar-refractivity contribution in [1.29, 1.82) is 0 Å². The Bertz CT molecular complexity index is 404. The van der Waals surface area contributed by atoms with Crippen LogP contribution in [0.15, 0.2) is 18.2 Å². The molecule has 1 aromatic rings. The first-order chi connectivity index (χ1) is 8.60. The second kappa shape index (κ2) is 7.01. The van der Waals surface area contributed by atoms with E-state index in [1.54, 1.807) is 7.05 Å². The lowest BCUT2D eigenvalue weighted by atomic mass is 10.1. The zero-order chi connectivity index (χ0) is 13.5. The summed E-state index contributed by atoms with van der Waals surface area (Å²) in [5.74, 6) is 0.00878. The van der Waals surface area contributed by atoms with Crippen LogP contribution in [0.4, 0.5) is 5.69 Å². The van der Waals surface area contributed by atoms with Gasteiger partial charge in [-0.25, -0.2) is 0 Å². The third-order valence-electron chi connectivity index (χ3n) is 3.18. The van der Waals surface area contributed by atoms with Gasteiger partial charge in [-0.2, -0.15) is 0 Å². The Morgan fingerprint density at radius 2 is 2.11 bits per heavy atom. The van der Waals surface area contributed by atoms with Gasteiger partial charge in [0.1, 0.15) is 0 Å². The summed E-state index contributed by atoms with van der Waals surface area (Å²) >= 11 is 0. The Labute approximate surface area is 109 Å². The zero-order valence-electron chi connectivity index (χ0n) is 11.7. The summed E-state index contributed by atoms with van der Waals surface area (Å²) in [6.07, 6.45) is 0. The molecule has 0 radical (unpaired) electrons. The summed E-state index contributed by atoms with van der Waals surface area (Å²) in [5, 5.41) is 5.74. The molecule has 1 aromatic carbocycles. The highest BCUT2D eigenvalue weighted by atomic mass is 16.1. The highest BCUT2D eigenvalue weighted by Crippen LogP contribution is 2.21. The van der Waals surface area contributed by atoms with Crippen molar-refractivity contribution < 1.29 is 4.79 Å². The molecule has 18 heavy (non-hydrogen) atoms. The zero-order valence-corrected chi connectivity index (χ0v) is 11.7. The van der Waals surface area contributed by atoms with Crippen LogP contribution in [0.25, 0.3) is 0 Å². The molecule has 0 bridgehead atoms. The van der Waals surface area contributed by atoms with Gasteiger partial charge in [-0.3, -0.25) is 4.79 Å². The van der Waals surface area contributed by atoms with Crippen molar-refractivity contribution in [3.8, 4) is 0 Å². The number of carbonyl (C=O) groups excluding carboxylic acids is 1. The maximum atomic E-state index is 11.1. The quantitative estimate of drug-likeness (QED) is 0.798. The minimum atomic E-state index is 0.00878. The molecule has 0 saturated heterocycles. The summed E-state index contributed by atoms with van der Waals surface area (Å²) in [6, 6.07) is 6.28. The summed E-state index contributed by atoms with van der Waals surface area (Å²) in [6.45, 7) is 6.30. The number of anilines is 1. The first-order valence-electron chi connectivity index (χ1n) is 6.31. The smallest absolute Gasteiger partial charge is 0.233 e. The number of hydrogen-bond acceptors (Lipinski definition) is 3. The molecular formula is C14H23N3O. The predicted molar refractivity (Wildman–Crippen MR) is 75.9 cm³/mol. The molecule has 1 rings (SSSR count). The largest absolute Gasteiger partial charge is 0.375 e. The van der Waals surface area contributed by atoms with Gasteiger partial charge in [-0.05, 0) is 31.0 Å². The average molecular weight is 249 g/mol. The van der Waals surface area contributed by atoms with Crippen LogP contribution in [-0.4, -0.2) is 33.1 Å². The predicted octanol–water partition coefficient (Wildman–Crippen LogP) is 1.29. The number of carbonyl (C=O) groups is 1. The summed E-state index contributed by atoms with van der Waals surface area (Å²) < 4.78 is 0. The van der Waals surface area contributed by atoms with E-state index in [-0.39, 0.29) is 5.91 Å². The van der Waals surface area contributed by atoms with Crippen LogP contribution in [0.5, 0.6) is 0 Å². The molecule has 0 spiro atoms. The Morgan fingerprint density at radius 1 is 1.39 bits per heavy atom. The topological polar surface area (TPSA) is 44.4 Å². The van der Waals surface area contributed by atoms with E-state index in [0.29, 0.717) is 13.1 Å². The van der Waals surface area contributed by atoms with Gasteiger partial charge in [0.25, 0.3) is 0 Å². The van der Waals surface area contributed by atoms with E-state index in [1.807, 2.05) is 0 Å². The van der Waals surface area contributed by atoms with E-state index in [4.69, 9.17) is 0 Å². The number of nitrogens with zero attached hydrogens (tertiary/aromatic N) is 1. The van der Waals surface area contributed by atoms with E-state index in [0.717, 1.165) is 6.54 Å². The van der Waals surface area contributed by atoms with E-state index in [1.165, 1.54) is 16.8 Å². The fourth-order valence-electron chi connectivity index (χ4n) is 1.84. The van der Waals surface area contributed by atoms with Gasteiger partial charge < -0.3 is 15.5 Å². The standard InChI is InChI=1S/C14H23N3O/c1-5-17(4)13-8-6-7-12(11(13)2)9-16-10-14(18)15-3/h6-8,16H,5,9-10H2,1-4H3,(H,15,18). The monoisotopic (exact) mass is 249 g/mol. The van der Waals surface area contributed by atoms with Gasteiger partial charge in [0.15, 0.2) is 0 Å². The minimum Gasteiger partial charge on any atom is -0.375 e. The van der Waals surface area contributed by atoms with E-state index in [2.05, 4.69) is 54.6 Å². The van der Waals surface area contributed by atoms with Crippen LogP contribution < -0.4 is 15.5 Å². The fraction of sp³-hybridized carbons (Fsp3) is 0.500. The molecule has 0 fully saturated rings. The Balaban J connectivity index is 2.69. The van der Waals surface area contributed by atoms with Gasteiger partial charge >= 0.3 is 0 Å². The first-order valence-corrected chi connectivity index (χ1v) is 6.31. The molecule has 0 aliphatic carbocycles. The summed E-state index contributed by atoms with van der Waals surface area (Å²) in [5.41, 5.74) is 3.75. The molecule has 1 amide bonds. The highest BCUT2D eigenvalue weighted by Gasteiger charge is 2.07. The van der Waals surface area contributed by atoms with Gasteiger partial charge in [-0.15, -0.1) is 0 Å². The van der Waals surface area contributed by atoms with Crippen molar-refractivity contribution in [1.82, 2.24) is 10.6 Å². The van der Waals surface area contributed by atoms with Gasteiger partial charge in [0.2, 0.25) is 5.91 Å². The van der Waals surface area contributed by atoms with Gasteiger partial charge in [0.05, 0.1) is 6.54 Å². The lowest BCUT2D eigenvalue weighted by Crippen LogP contribution is -2.31. The van der Waals surface area contributed by atoms with Crippen LogP contribution in [-0.2, 0) is 11.3 Å². The van der Waals surface area contributed by atoms with Crippen molar-refractivity contribution in [2.75, 3.05) is 32.1 Å². The highest BCUT2D eigenvalue weighted by molar-refractivity contribution is 5.77. The lowest BCUT2D eigenvalue weighted by molar-refractivity contribution is -0.119. The van der Waals surface area contributed by atoms with Crippen LogP contribution in [0, 0.1) is 6.92 Å². The van der Waals surface area contributed by atoms with E-state index < -0.39 is 0 Å². The molecule has 0 aliphatic heterocycles. The summed E-state index contributed by atoms with van der Waals surface area (Å²) in [4.78, 5) is 13.3. The van der Waals surface area contributed by atoms with E-state index in [9.17, 15) is 4.79 Å². The summed E-state index contributed by atoms with van der Waals surface area (Å²) in [7, 11) is 3.73. The molecule has 0 atom stereocenters. The molecule has 4 heteroatoms. The van der Waals surface area contributed by atoms with Crippen LogP contribution >= 0.6 is 0 Å². The van der Waals surface area contributed by atoms with Crippen molar-refractivity contribution in [3.05, 3.63) is 29.3 Å². The normalized spacial score (nSPS) is 10.2. The molecule has 0 aliphatic rings. The molecule has 4 nitrogen and oxygen atoms in total. The number of benzene rings is 1. The second-order valence-corrected chi connectivity index (χ2v) is 4.35. The first kappa shape index (κ1) is 14.5. The van der Waals surface area contributed by atoms with Crippen molar-refractivity contribution in [3.63, 3.8) is 0 Å². The molecule has 100 valence electrons. The third kappa shape index (κ3) is 3.74. The molecule has 2 N–H and O–H groups in total. The number of amides is 1. The van der Waals surface area contributed by atoms with Crippen LogP contribution in [0.1, 0.15) is 18.1 Å². The Morgan fingerprint density at radius 3 is 2.72 bits per heavy atom. The molecule has 0 heterocycles. The number of likely N-dealkylation sites (N-methyl/N-ethyl adjacent to an activating group) is 1. The van der Waals surface area contributed by atoms with Crippen molar-refractivity contribution in [2.45, 2.75) is 20.4 Å². The SMILES string of the molecule is CCN(C)c1cccc(CNCC(=O)NC)c1C. The van der Waals surface area contributed by atoms with Crippen molar-refractivity contribution in [2.24, 2.45) is 0 Å². The maximum Gasteiger partial charge on any atom is 0.233 e. The van der Waals surface area contributed by atoms with Crippen molar-refractivity contribution >= 4 is 11.6 Å². The molecule has 0 unspecified atom stereocenters. The average Bonchev–Trinajstić information content (AvgIpc) is 2.39. The fourth-order valence-corrected chi connectivity index (χ4v) is 1.84. The van der Waals surface area contributed by atoms with E-state index >= 15 is 0 Å². The molecule has 0 aromatic heterocycles. The number of hydrogen-bond donors (Lipinski definition) is 2. The second-order valence-electron chi connectivity index (χ2n) is 4.35. The van der Waals surface area contributed by atoms with Crippen LogP contribution in [0.2, 0.25) is 0 Å². The van der Waals surface area contributed by atoms with Gasteiger partial charge in [-0.1, -0.05) is 12.1 Å². The molecular weight excluding hydrogens is 226 g/mol. The lowest BCUT2D eigenvalue weighted by Gasteiger charge is -2.21. The third-order valence-corrected chi connectivity index (χ3v) is 3.18.